The number of urea groups is 1. The summed E-state index contributed by atoms with van der Waals surface area (Å²) in [5.74, 6) is -0.424. The van der Waals surface area contributed by atoms with E-state index in [0.29, 0.717) is 5.69 Å². The van der Waals surface area contributed by atoms with E-state index < -0.39 is 18.0 Å². The van der Waals surface area contributed by atoms with Gasteiger partial charge in [0, 0.05) is 0 Å². The largest absolute Gasteiger partial charge is 0.352 e. The van der Waals surface area contributed by atoms with E-state index in [1.165, 1.54) is 0 Å². The van der Waals surface area contributed by atoms with Crippen LogP contribution in [0, 0.1) is 0 Å². The summed E-state index contributed by atoms with van der Waals surface area (Å²) in [5, 5.41) is 3.28. The molecule has 1 aliphatic rings. The van der Waals surface area contributed by atoms with Gasteiger partial charge in [0.25, 0.3) is 5.91 Å². The third-order valence-electron chi connectivity index (χ3n) is 2.04. The fourth-order valence-corrected chi connectivity index (χ4v) is 1.25. The number of nitrogens with one attached hydrogen (secondary N) is 1. The Morgan fingerprint density at radius 1 is 1.27 bits per heavy atom. The van der Waals surface area contributed by atoms with Crippen molar-refractivity contribution in [3.63, 3.8) is 0 Å². The Balaban J connectivity index is 2.23. The molecule has 0 aromatic heterocycles. The molecule has 5 heteroatoms. The molecule has 1 atom stereocenters. The van der Waals surface area contributed by atoms with Crippen LogP contribution >= 0.6 is 0 Å². The molecule has 3 amide bonds. The van der Waals surface area contributed by atoms with Gasteiger partial charge in [0.2, 0.25) is 0 Å². The zero-order chi connectivity index (χ0) is 10.8. The number of para-hydroxylation sites is 1. The Labute approximate surface area is 86.6 Å². The van der Waals surface area contributed by atoms with Crippen molar-refractivity contribution in [3.05, 3.63) is 30.3 Å². The van der Waals surface area contributed by atoms with Crippen LogP contribution in [-0.2, 0) is 9.63 Å². The zero-order valence-electron chi connectivity index (χ0n) is 8.14. The molecule has 1 heterocycles. The van der Waals surface area contributed by atoms with Crippen LogP contribution in [0.25, 0.3) is 0 Å². The Hall–Kier alpha value is -1.88. The first-order chi connectivity index (χ1) is 7.18. The van der Waals surface area contributed by atoms with E-state index in [4.69, 9.17) is 4.84 Å². The van der Waals surface area contributed by atoms with E-state index in [1.54, 1.807) is 31.2 Å². The van der Waals surface area contributed by atoms with E-state index >= 15 is 0 Å². The summed E-state index contributed by atoms with van der Waals surface area (Å²) in [7, 11) is 0. The molecular formula is C10H10N2O3. The van der Waals surface area contributed by atoms with Crippen molar-refractivity contribution in [2.45, 2.75) is 13.0 Å². The van der Waals surface area contributed by atoms with Crippen LogP contribution in [0.4, 0.5) is 10.5 Å². The molecule has 1 aromatic rings. The van der Waals surface area contributed by atoms with Crippen molar-refractivity contribution in [2.24, 2.45) is 0 Å². The molecule has 0 aliphatic carbocycles. The second kappa shape index (κ2) is 3.70. The van der Waals surface area contributed by atoms with E-state index in [2.05, 4.69) is 5.32 Å². The van der Waals surface area contributed by atoms with Gasteiger partial charge < -0.3 is 0 Å². The minimum atomic E-state index is -0.664. The minimum absolute atomic E-state index is 0.424. The SMILES string of the molecule is C[C@@H]1ON(c2ccccc2)C(=O)NC1=O. The zero-order valence-corrected chi connectivity index (χ0v) is 8.14. The Kier molecular flexibility index (Phi) is 2.39. The number of hydrogen-bond acceptors (Lipinski definition) is 3. The first-order valence-corrected chi connectivity index (χ1v) is 4.55. The highest BCUT2D eigenvalue weighted by molar-refractivity contribution is 6.04. The quantitative estimate of drug-likeness (QED) is 0.747. The van der Waals surface area contributed by atoms with Gasteiger partial charge in [0.15, 0.2) is 6.10 Å². The molecule has 2 rings (SSSR count). The maximum Gasteiger partial charge on any atom is 0.352 e. The predicted octanol–water partition coefficient (Wildman–Crippen LogP) is 1.06. The molecule has 0 unspecified atom stereocenters. The van der Waals surface area contributed by atoms with Gasteiger partial charge in [0.1, 0.15) is 0 Å². The van der Waals surface area contributed by atoms with Gasteiger partial charge in [-0.25, -0.2) is 4.79 Å². The number of anilines is 1. The standard InChI is InChI=1S/C10H10N2O3/c1-7-9(13)11-10(14)12(15-7)8-5-3-2-4-6-8/h2-7H,1H3,(H,11,13,14)/t7-/m0/s1. The summed E-state index contributed by atoms with van der Waals surface area (Å²) in [6.07, 6.45) is -0.664. The average molecular weight is 206 g/mol. The highest BCUT2D eigenvalue weighted by atomic mass is 16.7. The molecule has 1 saturated heterocycles. The van der Waals surface area contributed by atoms with Gasteiger partial charge in [-0.2, -0.15) is 5.06 Å². The van der Waals surface area contributed by atoms with Crippen LogP contribution < -0.4 is 10.4 Å². The van der Waals surface area contributed by atoms with Crippen LogP contribution in [0.15, 0.2) is 30.3 Å². The molecule has 0 saturated carbocycles. The van der Waals surface area contributed by atoms with E-state index in [1.807, 2.05) is 6.07 Å². The molecule has 0 radical (unpaired) electrons. The predicted molar refractivity (Wildman–Crippen MR) is 53.0 cm³/mol. The van der Waals surface area contributed by atoms with Crippen LogP contribution in [0.1, 0.15) is 6.92 Å². The molecule has 5 nitrogen and oxygen atoms in total. The summed E-state index contributed by atoms with van der Waals surface area (Å²) in [4.78, 5) is 27.7. The number of amides is 3. The van der Waals surface area contributed by atoms with Gasteiger partial charge in [-0.05, 0) is 19.1 Å². The Morgan fingerprint density at radius 2 is 1.93 bits per heavy atom. The topological polar surface area (TPSA) is 58.6 Å². The lowest BCUT2D eigenvalue weighted by Gasteiger charge is -2.29. The summed E-state index contributed by atoms with van der Waals surface area (Å²) < 4.78 is 0. The second-order valence-electron chi connectivity index (χ2n) is 3.17. The van der Waals surface area contributed by atoms with Crippen LogP contribution in [0.2, 0.25) is 0 Å². The fraction of sp³-hybridized carbons (Fsp3) is 0.200. The molecular weight excluding hydrogens is 196 g/mol. The normalized spacial score (nSPS) is 21.4. The van der Waals surface area contributed by atoms with Crippen molar-refractivity contribution < 1.29 is 14.4 Å². The van der Waals surface area contributed by atoms with Crippen molar-refractivity contribution in [1.29, 1.82) is 0 Å². The Bertz CT molecular complexity index is 391. The summed E-state index contributed by atoms with van der Waals surface area (Å²) >= 11 is 0. The van der Waals surface area contributed by atoms with Crippen LogP contribution in [0.3, 0.4) is 0 Å². The molecule has 1 aromatic carbocycles. The number of benzene rings is 1. The summed E-state index contributed by atoms with van der Waals surface area (Å²) in [6, 6.07) is 8.29. The molecule has 15 heavy (non-hydrogen) atoms. The fourth-order valence-electron chi connectivity index (χ4n) is 1.25. The van der Waals surface area contributed by atoms with Gasteiger partial charge in [-0.3, -0.25) is 14.9 Å². The lowest BCUT2D eigenvalue weighted by Crippen LogP contribution is -2.54. The summed E-state index contributed by atoms with van der Waals surface area (Å²) in [5.41, 5.74) is 0.592. The molecule has 78 valence electrons. The third-order valence-corrected chi connectivity index (χ3v) is 2.04. The first kappa shape index (κ1) is 9.67. The maximum atomic E-state index is 11.4. The van der Waals surface area contributed by atoms with E-state index in [0.717, 1.165) is 5.06 Å². The number of nitrogens with zero attached hydrogens (tertiary/aromatic N) is 1. The number of imide groups is 1. The maximum absolute atomic E-state index is 11.4. The molecule has 1 N–H and O–H groups in total. The number of carbonyl (C=O) groups excluding carboxylic acids is 2. The lowest BCUT2D eigenvalue weighted by atomic mass is 10.3. The number of rotatable bonds is 1. The average Bonchev–Trinajstić information content (AvgIpc) is 2.25. The van der Waals surface area contributed by atoms with Crippen molar-refractivity contribution in [3.8, 4) is 0 Å². The molecule has 1 fully saturated rings. The Morgan fingerprint density at radius 3 is 2.60 bits per heavy atom. The van der Waals surface area contributed by atoms with Gasteiger partial charge in [0.05, 0.1) is 5.69 Å². The highest BCUT2D eigenvalue weighted by Crippen LogP contribution is 2.17. The van der Waals surface area contributed by atoms with Gasteiger partial charge in [-0.1, -0.05) is 18.2 Å². The number of carbonyl (C=O) groups is 2. The van der Waals surface area contributed by atoms with E-state index in [9.17, 15) is 9.59 Å². The van der Waals surface area contributed by atoms with Crippen LogP contribution in [0.5, 0.6) is 0 Å². The number of hydroxylamine groups is 1. The van der Waals surface area contributed by atoms with Crippen LogP contribution in [-0.4, -0.2) is 18.0 Å². The van der Waals surface area contributed by atoms with Crippen molar-refractivity contribution in [1.82, 2.24) is 5.32 Å². The minimum Gasteiger partial charge on any atom is -0.273 e. The van der Waals surface area contributed by atoms with Gasteiger partial charge >= 0.3 is 6.03 Å². The molecule has 0 bridgehead atoms. The summed E-state index contributed by atoms with van der Waals surface area (Å²) in [6.45, 7) is 1.58. The highest BCUT2D eigenvalue weighted by Gasteiger charge is 2.31. The van der Waals surface area contributed by atoms with Crippen molar-refractivity contribution in [2.75, 3.05) is 5.06 Å². The first-order valence-electron chi connectivity index (χ1n) is 4.55. The lowest BCUT2D eigenvalue weighted by molar-refractivity contribution is -0.133. The monoisotopic (exact) mass is 206 g/mol. The second-order valence-corrected chi connectivity index (χ2v) is 3.17. The molecule has 0 spiro atoms. The number of hydrogen-bond donors (Lipinski definition) is 1. The van der Waals surface area contributed by atoms with Crippen molar-refractivity contribution >= 4 is 17.6 Å². The van der Waals surface area contributed by atoms with E-state index in [-0.39, 0.29) is 0 Å². The van der Waals surface area contributed by atoms with Gasteiger partial charge in [-0.15, -0.1) is 0 Å². The molecule has 1 aliphatic heterocycles. The third kappa shape index (κ3) is 1.82. The smallest absolute Gasteiger partial charge is 0.273 e.